The van der Waals surface area contributed by atoms with Crippen molar-refractivity contribution in [2.24, 2.45) is 0 Å². The van der Waals surface area contributed by atoms with Gasteiger partial charge < -0.3 is 4.42 Å². The van der Waals surface area contributed by atoms with Crippen molar-refractivity contribution >= 4 is 0 Å². The highest BCUT2D eigenvalue weighted by atomic mass is 19.1. The maximum Gasteiger partial charge on any atom is 0.226 e. The molecule has 0 fully saturated rings. The Morgan fingerprint density at radius 3 is 2.41 bits per heavy atom. The molecule has 0 bridgehead atoms. The molecule has 0 aliphatic heterocycles. The lowest BCUT2D eigenvalue weighted by molar-refractivity contribution is 0.550. The third-order valence-electron chi connectivity index (χ3n) is 4.23. The molecule has 2 aromatic heterocycles. The average molecular weight is 363 g/mol. The number of halogens is 1. The number of oxazole rings is 1. The maximum atomic E-state index is 13.0. The van der Waals surface area contributed by atoms with E-state index in [1.54, 1.807) is 18.4 Å². The van der Waals surface area contributed by atoms with Crippen molar-refractivity contribution < 1.29 is 8.81 Å². The minimum absolute atomic E-state index is 0.300. The molecule has 27 heavy (non-hydrogen) atoms. The van der Waals surface area contributed by atoms with E-state index in [1.807, 2.05) is 12.1 Å². The first-order valence-electron chi connectivity index (χ1n) is 8.67. The van der Waals surface area contributed by atoms with E-state index < -0.39 is 0 Å². The first kappa shape index (κ1) is 17.1. The largest absolute Gasteiger partial charge is 0.444 e. The Bertz CT molecular complexity index is 1030. The van der Waals surface area contributed by atoms with Crippen LogP contribution in [0.1, 0.15) is 31.0 Å². The summed E-state index contributed by atoms with van der Waals surface area (Å²) in [6.07, 6.45) is 1.54. The second-order valence-electron chi connectivity index (χ2n) is 6.57. The SMILES string of the molecule is CC(C)c1ccc(-c2nnn(Cc3coc(-c4ccc(F)cc4)n3)n2)cc1. The van der Waals surface area contributed by atoms with Gasteiger partial charge in [-0.1, -0.05) is 38.1 Å². The molecular weight excluding hydrogens is 345 g/mol. The molecular formula is C20H18FN5O. The van der Waals surface area contributed by atoms with Gasteiger partial charge in [0.25, 0.3) is 0 Å². The van der Waals surface area contributed by atoms with Gasteiger partial charge in [0.2, 0.25) is 11.7 Å². The molecule has 4 aromatic rings. The van der Waals surface area contributed by atoms with Crippen LogP contribution in [0.4, 0.5) is 4.39 Å². The van der Waals surface area contributed by atoms with E-state index >= 15 is 0 Å². The molecule has 0 N–H and O–H groups in total. The van der Waals surface area contributed by atoms with Gasteiger partial charge in [0, 0.05) is 11.1 Å². The van der Waals surface area contributed by atoms with Crippen LogP contribution in [-0.4, -0.2) is 25.2 Å². The van der Waals surface area contributed by atoms with Crippen molar-refractivity contribution in [3.05, 3.63) is 71.9 Å². The maximum absolute atomic E-state index is 13.0. The van der Waals surface area contributed by atoms with Gasteiger partial charge in [-0.15, -0.1) is 10.2 Å². The Labute approximate surface area is 155 Å². The molecule has 6 nitrogen and oxygen atoms in total. The standard InChI is InChI=1S/C20H18FN5O/c1-13(2)14-3-5-15(6-4-14)19-23-25-26(24-19)11-18-12-27-20(22-18)16-7-9-17(21)10-8-16/h3-10,12-13H,11H2,1-2H3. The molecule has 0 saturated carbocycles. The molecule has 0 saturated heterocycles. The quantitative estimate of drug-likeness (QED) is 0.528. The highest BCUT2D eigenvalue weighted by Crippen LogP contribution is 2.21. The predicted octanol–water partition coefficient (Wildman–Crippen LogP) is 4.31. The Balaban J connectivity index is 1.49. The van der Waals surface area contributed by atoms with Crippen LogP contribution in [-0.2, 0) is 6.54 Å². The molecule has 2 aromatic carbocycles. The summed E-state index contributed by atoms with van der Waals surface area (Å²) in [5.41, 5.74) is 3.55. The summed E-state index contributed by atoms with van der Waals surface area (Å²) in [6.45, 7) is 4.64. The van der Waals surface area contributed by atoms with Gasteiger partial charge in [0.15, 0.2) is 0 Å². The van der Waals surface area contributed by atoms with E-state index in [9.17, 15) is 4.39 Å². The van der Waals surface area contributed by atoms with Crippen molar-refractivity contribution in [2.45, 2.75) is 26.3 Å². The third kappa shape index (κ3) is 3.76. The molecule has 0 aliphatic rings. The van der Waals surface area contributed by atoms with Crippen molar-refractivity contribution in [3.8, 4) is 22.8 Å². The Morgan fingerprint density at radius 1 is 1.00 bits per heavy atom. The number of benzene rings is 2. The lowest BCUT2D eigenvalue weighted by Crippen LogP contribution is -2.04. The van der Waals surface area contributed by atoms with E-state index in [4.69, 9.17) is 4.42 Å². The minimum atomic E-state index is -0.300. The van der Waals surface area contributed by atoms with Crippen LogP contribution in [0.15, 0.2) is 59.2 Å². The van der Waals surface area contributed by atoms with Crippen molar-refractivity contribution in [1.82, 2.24) is 25.2 Å². The van der Waals surface area contributed by atoms with Gasteiger partial charge in [0.1, 0.15) is 24.3 Å². The second-order valence-corrected chi connectivity index (χ2v) is 6.57. The zero-order valence-electron chi connectivity index (χ0n) is 15.0. The first-order valence-corrected chi connectivity index (χ1v) is 8.67. The summed E-state index contributed by atoms with van der Waals surface area (Å²) in [4.78, 5) is 5.87. The number of rotatable bonds is 5. The monoisotopic (exact) mass is 363 g/mol. The van der Waals surface area contributed by atoms with Gasteiger partial charge in [0.05, 0.1) is 0 Å². The summed E-state index contributed by atoms with van der Waals surface area (Å²) < 4.78 is 18.5. The van der Waals surface area contributed by atoms with Crippen LogP contribution in [0.2, 0.25) is 0 Å². The van der Waals surface area contributed by atoms with Crippen LogP contribution < -0.4 is 0 Å². The van der Waals surface area contributed by atoms with Gasteiger partial charge >= 0.3 is 0 Å². The molecule has 0 atom stereocenters. The highest BCUT2D eigenvalue weighted by Gasteiger charge is 2.11. The average Bonchev–Trinajstić information content (AvgIpc) is 3.33. The topological polar surface area (TPSA) is 69.6 Å². The molecule has 4 rings (SSSR count). The fraction of sp³-hybridized carbons (Fsp3) is 0.200. The Hall–Kier alpha value is -3.35. The minimum Gasteiger partial charge on any atom is -0.444 e. The predicted molar refractivity (Wildman–Crippen MR) is 98.3 cm³/mol. The van der Waals surface area contributed by atoms with Crippen LogP contribution in [0.25, 0.3) is 22.8 Å². The van der Waals surface area contributed by atoms with E-state index in [0.29, 0.717) is 35.4 Å². The molecule has 0 amide bonds. The van der Waals surface area contributed by atoms with Gasteiger partial charge in [-0.2, -0.15) is 4.80 Å². The summed E-state index contributed by atoms with van der Waals surface area (Å²) >= 11 is 0. The molecule has 0 unspecified atom stereocenters. The van der Waals surface area contributed by atoms with E-state index in [0.717, 1.165) is 5.56 Å². The van der Waals surface area contributed by atoms with E-state index in [2.05, 4.69) is 46.4 Å². The summed E-state index contributed by atoms with van der Waals surface area (Å²) in [7, 11) is 0. The van der Waals surface area contributed by atoms with E-state index in [-0.39, 0.29) is 5.82 Å². The fourth-order valence-electron chi connectivity index (χ4n) is 2.69. The van der Waals surface area contributed by atoms with Crippen molar-refractivity contribution in [1.29, 1.82) is 0 Å². The number of aromatic nitrogens is 5. The lowest BCUT2D eigenvalue weighted by Gasteiger charge is -2.04. The summed E-state index contributed by atoms with van der Waals surface area (Å²) in [6, 6.07) is 14.1. The number of hydrogen-bond donors (Lipinski definition) is 0. The van der Waals surface area contributed by atoms with Crippen LogP contribution in [0.3, 0.4) is 0 Å². The second kappa shape index (κ2) is 7.11. The van der Waals surface area contributed by atoms with Gasteiger partial charge in [-0.05, 0) is 41.0 Å². The third-order valence-corrected chi connectivity index (χ3v) is 4.23. The smallest absolute Gasteiger partial charge is 0.226 e. The van der Waals surface area contributed by atoms with Gasteiger partial charge in [-0.3, -0.25) is 0 Å². The Kier molecular flexibility index (Phi) is 4.50. The Morgan fingerprint density at radius 2 is 1.70 bits per heavy atom. The van der Waals surface area contributed by atoms with E-state index in [1.165, 1.54) is 22.5 Å². The van der Waals surface area contributed by atoms with Crippen LogP contribution >= 0.6 is 0 Å². The molecule has 7 heteroatoms. The molecule has 2 heterocycles. The molecule has 136 valence electrons. The lowest BCUT2D eigenvalue weighted by atomic mass is 10.0. The zero-order valence-corrected chi connectivity index (χ0v) is 15.0. The number of hydrogen-bond acceptors (Lipinski definition) is 5. The molecule has 0 radical (unpaired) electrons. The highest BCUT2D eigenvalue weighted by molar-refractivity contribution is 5.54. The number of nitrogens with zero attached hydrogens (tertiary/aromatic N) is 5. The number of tetrazole rings is 1. The first-order chi connectivity index (χ1) is 13.1. The van der Waals surface area contributed by atoms with Crippen LogP contribution in [0.5, 0.6) is 0 Å². The van der Waals surface area contributed by atoms with Crippen LogP contribution in [0, 0.1) is 5.82 Å². The summed E-state index contributed by atoms with van der Waals surface area (Å²) in [5.74, 6) is 1.17. The van der Waals surface area contributed by atoms with Gasteiger partial charge in [-0.25, -0.2) is 9.37 Å². The molecule has 0 aliphatic carbocycles. The fourth-order valence-corrected chi connectivity index (χ4v) is 2.69. The van der Waals surface area contributed by atoms with Crippen molar-refractivity contribution in [2.75, 3.05) is 0 Å². The molecule has 0 spiro atoms. The van der Waals surface area contributed by atoms with Crippen molar-refractivity contribution in [3.63, 3.8) is 0 Å². The summed E-state index contributed by atoms with van der Waals surface area (Å²) in [5, 5.41) is 12.6. The normalized spacial score (nSPS) is 11.3. The zero-order chi connectivity index (χ0) is 18.8.